The summed E-state index contributed by atoms with van der Waals surface area (Å²) >= 11 is 0. The standard InChI is InChI=1S/C8H21N3O2S/c1-7(2)11(5)14(12,13)10-8(3,4)6-9/h7,10H,6,9H2,1-5H3. The fraction of sp³-hybridized carbons (Fsp3) is 1.00. The van der Waals surface area contributed by atoms with Crippen LogP contribution >= 0.6 is 0 Å². The van der Waals surface area contributed by atoms with Crippen molar-refractivity contribution < 1.29 is 8.42 Å². The first kappa shape index (κ1) is 13.8. The molecule has 0 aliphatic carbocycles. The van der Waals surface area contributed by atoms with Crippen LogP contribution in [0.3, 0.4) is 0 Å². The van der Waals surface area contributed by atoms with Gasteiger partial charge in [-0.05, 0) is 27.7 Å². The highest BCUT2D eigenvalue weighted by molar-refractivity contribution is 7.87. The summed E-state index contributed by atoms with van der Waals surface area (Å²) in [5.41, 5.74) is 4.84. The van der Waals surface area contributed by atoms with Gasteiger partial charge in [0.1, 0.15) is 0 Å². The maximum atomic E-state index is 11.7. The van der Waals surface area contributed by atoms with Crippen LogP contribution < -0.4 is 10.5 Å². The van der Waals surface area contributed by atoms with Crippen molar-refractivity contribution in [1.82, 2.24) is 9.03 Å². The van der Waals surface area contributed by atoms with Gasteiger partial charge in [-0.25, -0.2) is 0 Å². The van der Waals surface area contributed by atoms with Crippen LogP contribution in [-0.4, -0.2) is 37.9 Å². The highest BCUT2D eigenvalue weighted by atomic mass is 32.2. The van der Waals surface area contributed by atoms with Gasteiger partial charge in [-0.15, -0.1) is 0 Å². The SMILES string of the molecule is CC(C)N(C)S(=O)(=O)NC(C)(C)CN. The zero-order chi connectivity index (χ0) is 11.6. The molecule has 3 N–H and O–H groups in total. The first-order valence-electron chi connectivity index (χ1n) is 4.59. The van der Waals surface area contributed by atoms with Crippen molar-refractivity contribution in [3.8, 4) is 0 Å². The molecule has 0 spiro atoms. The molecule has 0 fully saturated rings. The molecular weight excluding hydrogens is 202 g/mol. The van der Waals surface area contributed by atoms with E-state index in [0.29, 0.717) is 0 Å². The second-order valence-electron chi connectivity index (χ2n) is 4.31. The highest BCUT2D eigenvalue weighted by Crippen LogP contribution is 2.07. The van der Waals surface area contributed by atoms with E-state index in [1.54, 1.807) is 20.9 Å². The Labute approximate surface area is 86.8 Å². The van der Waals surface area contributed by atoms with Gasteiger partial charge in [0.2, 0.25) is 0 Å². The average molecular weight is 223 g/mol. The summed E-state index contributed by atoms with van der Waals surface area (Å²) in [5.74, 6) is 0. The Morgan fingerprint density at radius 3 is 2.14 bits per heavy atom. The third-order valence-electron chi connectivity index (χ3n) is 2.02. The molecule has 6 heteroatoms. The number of nitrogens with zero attached hydrogens (tertiary/aromatic N) is 1. The normalized spacial score (nSPS) is 14.0. The Bertz CT molecular complexity index is 272. The molecule has 0 aromatic heterocycles. The van der Waals surface area contributed by atoms with Crippen LogP contribution in [0.4, 0.5) is 0 Å². The van der Waals surface area contributed by atoms with Gasteiger partial charge in [-0.2, -0.15) is 17.4 Å². The molecule has 0 rings (SSSR count). The molecule has 86 valence electrons. The molecule has 0 atom stereocenters. The van der Waals surface area contributed by atoms with Crippen molar-refractivity contribution >= 4 is 10.2 Å². The molecule has 0 heterocycles. The summed E-state index contributed by atoms with van der Waals surface area (Å²) in [5, 5.41) is 0. The minimum Gasteiger partial charge on any atom is -0.329 e. The number of nitrogens with one attached hydrogen (secondary N) is 1. The lowest BCUT2D eigenvalue weighted by Crippen LogP contribution is -2.54. The van der Waals surface area contributed by atoms with Crippen LogP contribution in [0.2, 0.25) is 0 Å². The van der Waals surface area contributed by atoms with E-state index in [2.05, 4.69) is 4.72 Å². The molecule has 0 radical (unpaired) electrons. The quantitative estimate of drug-likeness (QED) is 0.683. The van der Waals surface area contributed by atoms with E-state index in [1.165, 1.54) is 4.31 Å². The van der Waals surface area contributed by atoms with E-state index in [1.807, 2.05) is 13.8 Å². The minimum absolute atomic E-state index is 0.0684. The molecular formula is C8H21N3O2S. The second kappa shape index (κ2) is 4.57. The van der Waals surface area contributed by atoms with E-state index in [9.17, 15) is 8.42 Å². The van der Waals surface area contributed by atoms with Crippen LogP contribution in [0.1, 0.15) is 27.7 Å². The van der Waals surface area contributed by atoms with Crippen molar-refractivity contribution in [3.63, 3.8) is 0 Å². The summed E-state index contributed by atoms with van der Waals surface area (Å²) < 4.78 is 27.2. The van der Waals surface area contributed by atoms with Gasteiger partial charge in [0.15, 0.2) is 0 Å². The van der Waals surface area contributed by atoms with Gasteiger partial charge in [0, 0.05) is 25.2 Å². The van der Waals surface area contributed by atoms with Gasteiger partial charge in [-0.3, -0.25) is 0 Å². The van der Waals surface area contributed by atoms with Crippen LogP contribution in [0.25, 0.3) is 0 Å². The van der Waals surface area contributed by atoms with Gasteiger partial charge >= 0.3 is 0 Å². The number of hydrogen-bond acceptors (Lipinski definition) is 3. The maximum absolute atomic E-state index is 11.7. The Morgan fingerprint density at radius 1 is 1.43 bits per heavy atom. The highest BCUT2D eigenvalue weighted by Gasteiger charge is 2.27. The Morgan fingerprint density at radius 2 is 1.86 bits per heavy atom. The summed E-state index contributed by atoms with van der Waals surface area (Å²) in [6, 6.07) is -0.0684. The number of nitrogens with two attached hydrogens (primary N) is 1. The van der Waals surface area contributed by atoms with E-state index >= 15 is 0 Å². The lowest BCUT2D eigenvalue weighted by atomic mass is 10.1. The molecule has 0 aliphatic heterocycles. The van der Waals surface area contributed by atoms with Gasteiger partial charge in [0.25, 0.3) is 10.2 Å². The summed E-state index contributed by atoms with van der Waals surface area (Å²) in [4.78, 5) is 0. The molecule has 0 aromatic rings. The molecule has 0 unspecified atom stereocenters. The molecule has 14 heavy (non-hydrogen) atoms. The Hall–Kier alpha value is -0.170. The molecule has 0 saturated carbocycles. The monoisotopic (exact) mass is 223 g/mol. The number of hydrogen-bond donors (Lipinski definition) is 2. The smallest absolute Gasteiger partial charge is 0.279 e. The fourth-order valence-electron chi connectivity index (χ4n) is 0.740. The average Bonchev–Trinajstić information content (AvgIpc) is 2.01. The molecule has 0 bridgehead atoms. The van der Waals surface area contributed by atoms with E-state index in [4.69, 9.17) is 5.73 Å². The third kappa shape index (κ3) is 3.91. The van der Waals surface area contributed by atoms with Gasteiger partial charge in [-0.1, -0.05) is 0 Å². The van der Waals surface area contributed by atoms with Crippen molar-refractivity contribution in [2.75, 3.05) is 13.6 Å². The lowest BCUT2D eigenvalue weighted by Gasteiger charge is -2.29. The zero-order valence-electron chi connectivity index (χ0n) is 9.53. The second-order valence-corrected chi connectivity index (χ2v) is 6.04. The largest absolute Gasteiger partial charge is 0.329 e. The van der Waals surface area contributed by atoms with Gasteiger partial charge < -0.3 is 5.73 Å². The summed E-state index contributed by atoms with van der Waals surface area (Å²) in [6.07, 6.45) is 0. The van der Waals surface area contributed by atoms with Gasteiger partial charge in [0.05, 0.1) is 0 Å². The van der Waals surface area contributed by atoms with Crippen LogP contribution in [-0.2, 0) is 10.2 Å². The van der Waals surface area contributed by atoms with Crippen molar-refractivity contribution in [2.45, 2.75) is 39.3 Å². The molecule has 0 amide bonds. The summed E-state index contributed by atoms with van der Waals surface area (Å²) in [6.45, 7) is 7.39. The van der Waals surface area contributed by atoms with Crippen LogP contribution in [0.15, 0.2) is 0 Å². The summed E-state index contributed by atoms with van der Waals surface area (Å²) in [7, 11) is -1.88. The Balaban J connectivity index is 4.67. The van der Waals surface area contributed by atoms with Crippen molar-refractivity contribution in [3.05, 3.63) is 0 Å². The zero-order valence-corrected chi connectivity index (χ0v) is 10.4. The van der Waals surface area contributed by atoms with Crippen molar-refractivity contribution in [2.24, 2.45) is 5.73 Å². The minimum atomic E-state index is -3.43. The first-order valence-corrected chi connectivity index (χ1v) is 6.03. The van der Waals surface area contributed by atoms with Crippen LogP contribution in [0.5, 0.6) is 0 Å². The molecule has 0 aromatic carbocycles. The number of rotatable bonds is 5. The predicted molar refractivity (Wildman–Crippen MR) is 58.1 cm³/mol. The molecule has 5 nitrogen and oxygen atoms in total. The molecule has 0 saturated heterocycles. The predicted octanol–water partition coefficient (Wildman–Crippen LogP) is -0.102. The van der Waals surface area contributed by atoms with E-state index in [0.717, 1.165) is 0 Å². The fourth-order valence-corrected chi connectivity index (χ4v) is 2.22. The molecule has 0 aliphatic rings. The first-order chi connectivity index (χ1) is 6.12. The third-order valence-corrected chi connectivity index (χ3v) is 4.01. The Kier molecular flexibility index (Phi) is 4.51. The topological polar surface area (TPSA) is 75.4 Å². The lowest BCUT2D eigenvalue weighted by molar-refractivity contribution is 0.377. The van der Waals surface area contributed by atoms with Crippen LogP contribution in [0, 0.1) is 0 Å². The van der Waals surface area contributed by atoms with Crippen molar-refractivity contribution in [1.29, 1.82) is 0 Å². The van der Waals surface area contributed by atoms with E-state index < -0.39 is 15.7 Å². The van der Waals surface area contributed by atoms with E-state index in [-0.39, 0.29) is 12.6 Å². The maximum Gasteiger partial charge on any atom is 0.279 e.